The van der Waals surface area contributed by atoms with Gasteiger partial charge in [-0.2, -0.15) is 0 Å². The van der Waals surface area contributed by atoms with E-state index in [0.29, 0.717) is 12.0 Å². The Hall–Kier alpha value is 0.210. The van der Waals surface area contributed by atoms with Crippen LogP contribution in [0, 0.1) is 5.92 Å². The first-order valence-corrected chi connectivity index (χ1v) is 2.64. The van der Waals surface area contributed by atoms with Gasteiger partial charge < -0.3 is 22.9 Å². The third-order valence-corrected chi connectivity index (χ3v) is 1.41. The average molecular weight is 138 g/mol. The molecule has 1 atom stereocenters. The molecule has 8 heavy (non-hydrogen) atoms. The van der Waals surface area contributed by atoms with Gasteiger partial charge in [0.1, 0.15) is 0 Å². The van der Waals surface area contributed by atoms with Gasteiger partial charge in [-0.05, 0) is 6.92 Å². The predicted molar refractivity (Wildman–Crippen MR) is 29.1 cm³/mol. The van der Waals surface area contributed by atoms with Crippen molar-refractivity contribution in [2.75, 3.05) is 13.2 Å². The fourth-order valence-electron chi connectivity index (χ4n) is 0.557. The van der Waals surface area contributed by atoms with Gasteiger partial charge in [0.2, 0.25) is 0 Å². The maximum absolute atomic E-state index is 5.52. The van der Waals surface area contributed by atoms with Crippen molar-refractivity contribution in [3.05, 3.63) is 0 Å². The van der Waals surface area contributed by atoms with E-state index in [1.54, 1.807) is 0 Å². The van der Waals surface area contributed by atoms with Crippen molar-refractivity contribution in [1.29, 1.82) is 0 Å². The molecule has 1 saturated heterocycles. The number of halogens is 1. The molecule has 2 N–H and O–H groups in total. The molecule has 3 heteroatoms. The monoisotopic (exact) mass is 137 g/mol. The normalized spacial score (nSPS) is 23.2. The molecule has 1 rings (SSSR count). The highest BCUT2D eigenvalue weighted by Crippen LogP contribution is 2.11. The molecule has 0 saturated carbocycles. The molecule has 0 bridgehead atoms. The Balaban J connectivity index is 0. The maximum Gasteiger partial charge on any atom is 1.00 e. The van der Waals surface area contributed by atoms with Gasteiger partial charge >= 0.3 is 1.43 Å². The molecule has 0 aromatic rings. The van der Waals surface area contributed by atoms with Crippen LogP contribution in [0.15, 0.2) is 0 Å². The van der Waals surface area contributed by atoms with E-state index in [1.807, 2.05) is 6.92 Å². The highest BCUT2D eigenvalue weighted by Gasteiger charge is 2.21. The number of hydrogen-bond donors (Lipinski definition) is 1. The van der Waals surface area contributed by atoms with Crippen molar-refractivity contribution < 1.29 is 18.6 Å². The molecule has 1 fully saturated rings. The van der Waals surface area contributed by atoms with E-state index in [2.05, 4.69) is 0 Å². The van der Waals surface area contributed by atoms with Gasteiger partial charge in [-0.1, -0.05) is 0 Å². The molecule has 0 amide bonds. The second kappa shape index (κ2) is 3.28. The van der Waals surface area contributed by atoms with Gasteiger partial charge in [-0.3, -0.25) is 0 Å². The minimum Gasteiger partial charge on any atom is -1.00 e. The molecule has 2 nitrogen and oxygen atoms in total. The summed E-state index contributed by atoms with van der Waals surface area (Å²) in [6.45, 7) is 3.77. The Morgan fingerprint density at radius 3 is 2.25 bits per heavy atom. The minimum absolute atomic E-state index is 0. The van der Waals surface area contributed by atoms with Crippen molar-refractivity contribution in [2.24, 2.45) is 11.7 Å². The molecule has 1 heterocycles. The van der Waals surface area contributed by atoms with Crippen LogP contribution in [0.3, 0.4) is 0 Å². The van der Waals surface area contributed by atoms with Crippen LogP contribution < -0.4 is 18.1 Å². The van der Waals surface area contributed by atoms with Crippen LogP contribution >= 0.6 is 0 Å². The summed E-state index contributed by atoms with van der Waals surface area (Å²) in [5, 5.41) is 0. The molecule has 0 radical (unpaired) electrons. The van der Waals surface area contributed by atoms with Gasteiger partial charge in [0.15, 0.2) is 0 Å². The highest BCUT2D eigenvalue weighted by atomic mass is 35.5. The Bertz CT molecular complexity index is 68.0. The third-order valence-electron chi connectivity index (χ3n) is 1.41. The van der Waals surface area contributed by atoms with E-state index in [4.69, 9.17) is 10.5 Å². The molecule has 0 aromatic heterocycles. The summed E-state index contributed by atoms with van der Waals surface area (Å²) in [6, 6.07) is 0.328. The molecule has 1 aliphatic rings. The van der Waals surface area contributed by atoms with Crippen LogP contribution in [-0.2, 0) is 4.74 Å². The molecule has 0 aliphatic carbocycles. The number of nitrogens with two attached hydrogens (primary N) is 1. The Morgan fingerprint density at radius 1 is 1.75 bits per heavy atom. The molecular formula is C5H12ClNO. The zero-order valence-corrected chi connectivity index (χ0v) is 5.69. The predicted octanol–water partition coefficient (Wildman–Crippen LogP) is -2.90. The average Bonchev–Trinajstić information content (AvgIpc) is 1.23. The fraction of sp³-hybridized carbons (Fsp3) is 1.00. The second-order valence-electron chi connectivity index (χ2n) is 2.16. The van der Waals surface area contributed by atoms with Crippen molar-refractivity contribution in [2.45, 2.75) is 13.0 Å². The lowest BCUT2D eigenvalue weighted by Crippen LogP contribution is -3.00. The van der Waals surface area contributed by atoms with Crippen LogP contribution in [0.1, 0.15) is 8.35 Å². The number of hydrogen-bond acceptors (Lipinski definition) is 2. The SMILES string of the molecule is CC(N)C1COC1.[Cl-].[H+]. The zero-order chi connectivity index (χ0) is 5.28. The highest BCUT2D eigenvalue weighted by molar-refractivity contribution is 4.73. The molecular weight excluding hydrogens is 126 g/mol. The fourth-order valence-corrected chi connectivity index (χ4v) is 0.557. The maximum atomic E-state index is 5.52. The van der Waals surface area contributed by atoms with Crippen molar-refractivity contribution in [1.82, 2.24) is 0 Å². The quantitative estimate of drug-likeness (QED) is 0.421. The summed E-state index contributed by atoms with van der Waals surface area (Å²) in [6.07, 6.45) is 0. The molecule has 0 spiro atoms. The largest absolute Gasteiger partial charge is 1.00 e. The van der Waals surface area contributed by atoms with E-state index in [0.717, 1.165) is 13.2 Å². The van der Waals surface area contributed by atoms with Gasteiger partial charge in [0.25, 0.3) is 0 Å². The van der Waals surface area contributed by atoms with E-state index >= 15 is 0 Å². The first-order valence-electron chi connectivity index (χ1n) is 2.64. The van der Waals surface area contributed by atoms with Crippen LogP contribution in [0.5, 0.6) is 0 Å². The van der Waals surface area contributed by atoms with E-state index in [-0.39, 0.29) is 13.8 Å². The summed E-state index contributed by atoms with van der Waals surface area (Å²) < 4.78 is 4.92. The van der Waals surface area contributed by atoms with Gasteiger partial charge in [-0.25, -0.2) is 0 Å². The summed E-state index contributed by atoms with van der Waals surface area (Å²) in [5.74, 6) is 0.639. The number of ether oxygens (including phenoxy) is 1. The van der Waals surface area contributed by atoms with Crippen molar-refractivity contribution >= 4 is 0 Å². The molecule has 1 unspecified atom stereocenters. The minimum atomic E-state index is 0. The molecule has 1 aliphatic heterocycles. The Kier molecular flexibility index (Phi) is 3.36. The van der Waals surface area contributed by atoms with Gasteiger partial charge in [-0.15, -0.1) is 0 Å². The summed E-state index contributed by atoms with van der Waals surface area (Å²) in [5.41, 5.74) is 5.52. The van der Waals surface area contributed by atoms with E-state index in [9.17, 15) is 0 Å². The van der Waals surface area contributed by atoms with Crippen molar-refractivity contribution in [3.63, 3.8) is 0 Å². The van der Waals surface area contributed by atoms with E-state index < -0.39 is 0 Å². The van der Waals surface area contributed by atoms with Crippen LogP contribution in [0.2, 0.25) is 0 Å². The lowest BCUT2D eigenvalue weighted by molar-refractivity contribution is -0.0408. The van der Waals surface area contributed by atoms with Gasteiger partial charge in [0, 0.05) is 12.0 Å². The second-order valence-corrected chi connectivity index (χ2v) is 2.16. The standard InChI is InChI=1S/C5H11NO.ClH/c1-4(6)5-2-7-3-5;/h4-5H,2-3,6H2,1H3;1H. The van der Waals surface area contributed by atoms with Gasteiger partial charge in [0.05, 0.1) is 13.2 Å². The smallest absolute Gasteiger partial charge is 1.00 e. The third kappa shape index (κ3) is 1.62. The summed E-state index contributed by atoms with van der Waals surface area (Å²) in [4.78, 5) is 0. The van der Waals surface area contributed by atoms with Crippen LogP contribution in [-0.4, -0.2) is 19.3 Å². The molecule has 0 aromatic carbocycles. The lowest BCUT2D eigenvalue weighted by atomic mass is 10.0. The Morgan fingerprint density at radius 2 is 2.25 bits per heavy atom. The van der Waals surface area contributed by atoms with Crippen LogP contribution in [0.4, 0.5) is 0 Å². The first kappa shape index (κ1) is 8.21. The van der Waals surface area contributed by atoms with Crippen molar-refractivity contribution in [3.8, 4) is 0 Å². The topological polar surface area (TPSA) is 35.2 Å². The Labute approximate surface area is 57.3 Å². The lowest BCUT2D eigenvalue weighted by Gasteiger charge is -2.28. The van der Waals surface area contributed by atoms with Crippen LogP contribution in [0.25, 0.3) is 0 Å². The summed E-state index contributed by atoms with van der Waals surface area (Å²) >= 11 is 0. The molecule has 50 valence electrons. The van der Waals surface area contributed by atoms with E-state index in [1.165, 1.54) is 0 Å². The number of rotatable bonds is 1. The summed E-state index contributed by atoms with van der Waals surface area (Å²) in [7, 11) is 0. The first-order chi connectivity index (χ1) is 3.30. The zero-order valence-electron chi connectivity index (χ0n) is 5.93.